The second-order valence-corrected chi connectivity index (χ2v) is 10.2. The average Bonchev–Trinajstić information content (AvgIpc) is 3.20. The zero-order valence-electron chi connectivity index (χ0n) is 17.4. The summed E-state index contributed by atoms with van der Waals surface area (Å²) in [4.78, 5) is 28.5. The molecular weight excluding hydrogens is 360 g/mol. The predicted octanol–water partition coefficient (Wildman–Crippen LogP) is 3.94. The molecule has 5 aliphatic rings. The van der Waals surface area contributed by atoms with E-state index in [4.69, 9.17) is 0 Å². The lowest BCUT2D eigenvalue weighted by Gasteiger charge is -2.56. The summed E-state index contributed by atoms with van der Waals surface area (Å²) in [5.41, 5.74) is 1.17. The minimum atomic E-state index is -0.243. The van der Waals surface area contributed by atoms with Gasteiger partial charge < -0.3 is 10.2 Å². The molecule has 1 heterocycles. The summed E-state index contributed by atoms with van der Waals surface area (Å²) in [5, 5.41) is 3.12. The van der Waals surface area contributed by atoms with E-state index < -0.39 is 0 Å². The summed E-state index contributed by atoms with van der Waals surface area (Å²) in [5.74, 6) is 2.67. The van der Waals surface area contributed by atoms with Crippen molar-refractivity contribution in [3.8, 4) is 0 Å². The third-order valence-corrected chi connectivity index (χ3v) is 8.09. The van der Waals surface area contributed by atoms with Gasteiger partial charge in [-0.2, -0.15) is 0 Å². The highest BCUT2D eigenvalue weighted by atomic mass is 16.2. The van der Waals surface area contributed by atoms with Crippen molar-refractivity contribution in [3.05, 3.63) is 35.9 Å². The summed E-state index contributed by atoms with van der Waals surface area (Å²) < 4.78 is 0. The van der Waals surface area contributed by atoms with Gasteiger partial charge >= 0.3 is 0 Å². The lowest BCUT2D eigenvalue weighted by molar-refractivity contribution is -0.160. The van der Waals surface area contributed by atoms with Crippen molar-refractivity contribution in [2.24, 2.45) is 23.2 Å². The Kier molecular flexibility index (Phi) is 5.13. The normalized spacial score (nSPS) is 35.1. The number of nitrogens with one attached hydrogen (secondary N) is 1. The molecule has 0 spiro atoms. The first kappa shape index (κ1) is 19.1. The molecule has 4 bridgehead atoms. The fraction of sp³-hybridized carbons (Fsp3) is 0.680. The van der Waals surface area contributed by atoms with E-state index in [1.165, 1.54) is 24.8 Å². The molecule has 1 saturated heterocycles. The molecule has 156 valence electrons. The third-order valence-electron chi connectivity index (χ3n) is 8.09. The van der Waals surface area contributed by atoms with Crippen LogP contribution in [-0.2, 0) is 16.0 Å². The maximum absolute atomic E-state index is 13.7. The van der Waals surface area contributed by atoms with Gasteiger partial charge in [0.05, 0.1) is 5.41 Å². The molecule has 0 aromatic heterocycles. The Morgan fingerprint density at radius 2 is 1.66 bits per heavy atom. The quantitative estimate of drug-likeness (QED) is 0.743. The van der Waals surface area contributed by atoms with Crippen LogP contribution in [0, 0.1) is 23.2 Å². The molecule has 2 amide bonds. The van der Waals surface area contributed by atoms with E-state index in [0.717, 1.165) is 69.2 Å². The molecule has 1 N–H and O–H groups in total. The highest BCUT2D eigenvalue weighted by Gasteiger charge is 2.56. The van der Waals surface area contributed by atoms with Crippen molar-refractivity contribution in [1.29, 1.82) is 0 Å². The third kappa shape index (κ3) is 3.71. The highest BCUT2D eigenvalue weighted by Crippen LogP contribution is 2.60. The number of benzene rings is 1. The number of rotatable bonds is 6. The molecule has 4 heteroatoms. The number of nitrogens with zero attached hydrogens (tertiary/aromatic N) is 1. The Balaban J connectivity index is 1.18. The van der Waals surface area contributed by atoms with E-state index in [-0.39, 0.29) is 17.4 Å². The average molecular weight is 395 g/mol. The molecule has 0 radical (unpaired) electrons. The Hall–Kier alpha value is -1.84. The number of hydrogen-bond acceptors (Lipinski definition) is 2. The first-order valence-electron chi connectivity index (χ1n) is 11.8. The number of hydrogen-bond donors (Lipinski definition) is 1. The van der Waals surface area contributed by atoms with Gasteiger partial charge in [-0.25, -0.2) is 0 Å². The SMILES string of the molecule is O=C(NCCCc1ccccc1)C1CCCN1C(=O)C12CC3CC(CC(C3)C1)C2. The van der Waals surface area contributed by atoms with Gasteiger partial charge in [0, 0.05) is 13.1 Å². The molecule has 1 aromatic carbocycles. The largest absolute Gasteiger partial charge is 0.354 e. The Morgan fingerprint density at radius 3 is 2.31 bits per heavy atom. The molecule has 4 nitrogen and oxygen atoms in total. The maximum atomic E-state index is 13.7. The zero-order valence-corrected chi connectivity index (χ0v) is 17.4. The lowest BCUT2D eigenvalue weighted by atomic mass is 9.49. The minimum Gasteiger partial charge on any atom is -0.354 e. The molecule has 4 aliphatic carbocycles. The van der Waals surface area contributed by atoms with Crippen molar-refractivity contribution in [3.63, 3.8) is 0 Å². The van der Waals surface area contributed by atoms with E-state index in [2.05, 4.69) is 29.6 Å². The van der Waals surface area contributed by atoms with Crippen LogP contribution in [0.2, 0.25) is 0 Å². The van der Waals surface area contributed by atoms with Crippen LogP contribution in [0.15, 0.2) is 30.3 Å². The van der Waals surface area contributed by atoms with Crippen molar-refractivity contribution in [2.45, 2.75) is 70.3 Å². The van der Waals surface area contributed by atoms with Crippen molar-refractivity contribution in [2.75, 3.05) is 13.1 Å². The van der Waals surface area contributed by atoms with Crippen molar-refractivity contribution < 1.29 is 9.59 Å². The van der Waals surface area contributed by atoms with E-state index >= 15 is 0 Å². The Morgan fingerprint density at radius 1 is 1.00 bits per heavy atom. The van der Waals surface area contributed by atoms with Gasteiger partial charge in [-0.1, -0.05) is 30.3 Å². The van der Waals surface area contributed by atoms with Crippen LogP contribution >= 0.6 is 0 Å². The van der Waals surface area contributed by atoms with Crippen LogP contribution in [0.1, 0.15) is 63.4 Å². The molecule has 6 rings (SSSR count). The Bertz CT molecular complexity index is 724. The minimum absolute atomic E-state index is 0.0636. The number of carbonyl (C=O) groups excluding carboxylic acids is 2. The van der Waals surface area contributed by atoms with Gasteiger partial charge in [0.15, 0.2) is 0 Å². The maximum Gasteiger partial charge on any atom is 0.242 e. The molecule has 1 atom stereocenters. The topological polar surface area (TPSA) is 49.4 Å². The molecular formula is C25H34N2O2. The molecule has 1 aliphatic heterocycles. The second kappa shape index (κ2) is 7.77. The lowest BCUT2D eigenvalue weighted by Crippen LogP contribution is -2.57. The van der Waals surface area contributed by atoms with Gasteiger partial charge in [0.2, 0.25) is 11.8 Å². The van der Waals surface area contributed by atoms with E-state index in [9.17, 15) is 9.59 Å². The molecule has 29 heavy (non-hydrogen) atoms. The van der Waals surface area contributed by atoms with Crippen LogP contribution in [0.5, 0.6) is 0 Å². The number of likely N-dealkylation sites (tertiary alicyclic amines) is 1. The van der Waals surface area contributed by atoms with E-state index in [0.29, 0.717) is 12.5 Å². The second-order valence-electron chi connectivity index (χ2n) is 10.2. The first-order chi connectivity index (χ1) is 14.1. The summed E-state index contributed by atoms with van der Waals surface area (Å²) in [6, 6.07) is 10.2. The van der Waals surface area contributed by atoms with Gasteiger partial charge in [-0.15, -0.1) is 0 Å². The van der Waals surface area contributed by atoms with Crippen molar-refractivity contribution in [1.82, 2.24) is 10.2 Å². The number of amides is 2. The summed E-state index contributed by atoms with van der Waals surface area (Å²) in [6.45, 7) is 1.45. The summed E-state index contributed by atoms with van der Waals surface area (Å²) in [6.07, 6.45) is 11.0. The van der Waals surface area contributed by atoms with Crippen LogP contribution in [-0.4, -0.2) is 35.8 Å². The van der Waals surface area contributed by atoms with Gasteiger partial charge in [-0.3, -0.25) is 9.59 Å². The smallest absolute Gasteiger partial charge is 0.242 e. The number of aryl methyl sites for hydroxylation is 1. The standard InChI is InChI=1S/C25H34N2O2/c28-23(26-10-4-8-18-6-2-1-3-7-18)22-9-5-11-27(22)24(29)25-15-19-12-20(16-25)14-21(13-19)17-25/h1-3,6-7,19-22H,4-5,8-17H2,(H,26,28). The highest BCUT2D eigenvalue weighted by molar-refractivity contribution is 5.91. The van der Waals surface area contributed by atoms with E-state index in [1.54, 1.807) is 0 Å². The van der Waals surface area contributed by atoms with Crippen LogP contribution in [0.25, 0.3) is 0 Å². The van der Waals surface area contributed by atoms with Crippen LogP contribution < -0.4 is 5.32 Å². The summed E-state index contributed by atoms with van der Waals surface area (Å²) >= 11 is 0. The van der Waals surface area contributed by atoms with E-state index in [1.807, 2.05) is 11.0 Å². The number of carbonyl (C=O) groups is 2. The van der Waals surface area contributed by atoms with Gasteiger partial charge in [0.25, 0.3) is 0 Å². The monoisotopic (exact) mass is 394 g/mol. The van der Waals surface area contributed by atoms with Crippen LogP contribution in [0.3, 0.4) is 0 Å². The predicted molar refractivity (Wildman–Crippen MR) is 113 cm³/mol. The molecule has 1 aromatic rings. The summed E-state index contributed by atoms with van der Waals surface area (Å²) in [7, 11) is 0. The van der Waals surface area contributed by atoms with Gasteiger partial charge in [-0.05, 0) is 87.5 Å². The Labute approximate surface area is 174 Å². The zero-order chi connectivity index (χ0) is 19.8. The van der Waals surface area contributed by atoms with Crippen LogP contribution in [0.4, 0.5) is 0 Å². The van der Waals surface area contributed by atoms with Gasteiger partial charge in [0.1, 0.15) is 6.04 Å². The fourth-order valence-corrected chi connectivity index (χ4v) is 7.23. The molecule has 4 saturated carbocycles. The fourth-order valence-electron chi connectivity index (χ4n) is 7.23. The molecule has 1 unspecified atom stereocenters. The van der Waals surface area contributed by atoms with Crippen molar-refractivity contribution >= 4 is 11.8 Å². The molecule has 5 fully saturated rings. The first-order valence-corrected chi connectivity index (χ1v) is 11.8.